The molecule has 5 heteroatoms. The Bertz CT molecular complexity index is 2080. The van der Waals surface area contributed by atoms with Gasteiger partial charge in [-0.3, -0.25) is 9.13 Å². The van der Waals surface area contributed by atoms with Crippen molar-refractivity contribution in [2.24, 2.45) is 0 Å². The zero-order valence-corrected chi connectivity index (χ0v) is 26.1. The predicted octanol–water partition coefficient (Wildman–Crippen LogP) is 10.6. The molecule has 0 aliphatic carbocycles. The minimum atomic E-state index is 0.354. The summed E-state index contributed by atoms with van der Waals surface area (Å²) in [5, 5.41) is 0. The topological polar surface area (TPSA) is 44.9 Å². The first kappa shape index (κ1) is 28.4. The maximum absolute atomic E-state index is 6.49. The van der Waals surface area contributed by atoms with Crippen molar-refractivity contribution >= 4 is 11.0 Å². The Kier molecular flexibility index (Phi) is 7.52. The number of ether oxygens (including phenoxy) is 1. The lowest BCUT2D eigenvalue weighted by atomic mass is 9.92. The first-order valence-corrected chi connectivity index (χ1v) is 15.6. The van der Waals surface area contributed by atoms with Crippen LogP contribution in [0.1, 0.15) is 50.7 Å². The molecule has 2 aromatic heterocycles. The number of benzene rings is 5. The van der Waals surface area contributed by atoms with Gasteiger partial charge in [-0.1, -0.05) is 100 Å². The number of imidazole rings is 2. The fourth-order valence-corrected chi connectivity index (χ4v) is 6.06. The van der Waals surface area contributed by atoms with Crippen LogP contribution in [0.2, 0.25) is 0 Å². The van der Waals surface area contributed by atoms with Gasteiger partial charge in [0.05, 0.1) is 16.7 Å². The van der Waals surface area contributed by atoms with Crippen LogP contribution in [0.3, 0.4) is 0 Å². The van der Waals surface area contributed by atoms with E-state index in [-0.39, 0.29) is 0 Å². The van der Waals surface area contributed by atoms with Crippen molar-refractivity contribution in [3.63, 3.8) is 0 Å². The van der Waals surface area contributed by atoms with Gasteiger partial charge in [0.15, 0.2) is 0 Å². The zero-order valence-electron chi connectivity index (χ0n) is 26.1. The van der Waals surface area contributed by atoms with Crippen LogP contribution in [0.4, 0.5) is 0 Å². The Labute approximate surface area is 264 Å². The molecule has 0 amide bonds. The summed E-state index contributed by atoms with van der Waals surface area (Å²) >= 11 is 0. The van der Waals surface area contributed by atoms with E-state index in [9.17, 15) is 0 Å². The van der Waals surface area contributed by atoms with E-state index in [2.05, 4.69) is 115 Å². The summed E-state index contributed by atoms with van der Waals surface area (Å²) in [6, 6.07) is 41.6. The van der Waals surface area contributed by atoms with Gasteiger partial charge in [0.2, 0.25) is 0 Å². The third kappa shape index (κ3) is 5.42. The molecular weight excluding hydrogens is 552 g/mol. The zero-order chi connectivity index (χ0) is 30.9. The third-order valence-corrected chi connectivity index (χ3v) is 8.22. The second kappa shape index (κ2) is 11.9. The molecular formula is C40H36N4O. The molecule has 7 aromatic rings. The summed E-state index contributed by atoms with van der Waals surface area (Å²) in [6.45, 7) is 9.04. The van der Waals surface area contributed by atoms with Gasteiger partial charge in [-0.05, 0) is 71.5 Å². The monoisotopic (exact) mass is 588 g/mol. The van der Waals surface area contributed by atoms with E-state index in [1.54, 1.807) is 0 Å². The van der Waals surface area contributed by atoms with Crippen LogP contribution in [-0.2, 0) is 0 Å². The van der Waals surface area contributed by atoms with E-state index < -0.39 is 0 Å². The van der Waals surface area contributed by atoms with Gasteiger partial charge >= 0.3 is 0 Å². The first-order chi connectivity index (χ1) is 22.0. The summed E-state index contributed by atoms with van der Waals surface area (Å²) < 4.78 is 10.9. The molecule has 0 unspecified atom stereocenters. The lowest BCUT2D eigenvalue weighted by Gasteiger charge is -2.22. The number of para-hydroxylation sites is 4. The van der Waals surface area contributed by atoms with Gasteiger partial charge in [0, 0.05) is 29.2 Å². The summed E-state index contributed by atoms with van der Waals surface area (Å²) in [7, 11) is 0. The number of aromatic nitrogens is 4. The highest BCUT2D eigenvalue weighted by Gasteiger charge is 2.22. The van der Waals surface area contributed by atoms with Crippen LogP contribution in [0.15, 0.2) is 134 Å². The SMILES string of the molecule is CC(C)c1cccc(C(C)C)c1-n1c(-c2cccc(Oc3cccc(-c4nccn4-c4ccccc4)c3)c2)nc2ccccc21. The number of rotatable bonds is 8. The molecule has 0 saturated heterocycles. The molecule has 0 N–H and O–H groups in total. The molecule has 5 aromatic carbocycles. The fraction of sp³-hybridized carbons (Fsp3) is 0.150. The highest BCUT2D eigenvalue weighted by Crippen LogP contribution is 2.38. The molecule has 222 valence electrons. The smallest absolute Gasteiger partial charge is 0.145 e. The molecule has 0 atom stereocenters. The maximum Gasteiger partial charge on any atom is 0.145 e. The lowest BCUT2D eigenvalue weighted by molar-refractivity contribution is 0.483. The second-order valence-electron chi connectivity index (χ2n) is 12.0. The molecule has 0 aliphatic rings. The van der Waals surface area contributed by atoms with Crippen molar-refractivity contribution in [2.75, 3.05) is 0 Å². The molecule has 2 heterocycles. The quantitative estimate of drug-likeness (QED) is 0.177. The predicted molar refractivity (Wildman–Crippen MR) is 184 cm³/mol. The van der Waals surface area contributed by atoms with E-state index in [1.807, 2.05) is 60.9 Å². The molecule has 0 saturated carbocycles. The summed E-state index contributed by atoms with van der Waals surface area (Å²) in [6.07, 6.45) is 3.81. The van der Waals surface area contributed by atoms with Crippen molar-refractivity contribution in [1.29, 1.82) is 0 Å². The molecule has 7 rings (SSSR count). The van der Waals surface area contributed by atoms with Crippen LogP contribution >= 0.6 is 0 Å². The molecule has 0 fully saturated rings. The Balaban J connectivity index is 1.30. The molecule has 0 aliphatic heterocycles. The van der Waals surface area contributed by atoms with E-state index >= 15 is 0 Å². The highest BCUT2D eigenvalue weighted by atomic mass is 16.5. The molecule has 0 spiro atoms. The van der Waals surface area contributed by atoms with E-state index in [0.29, 0.717) is 11.8 Å². The lowest BCUT2D eigenvalue weighted by Crippen LogP contribution is -2.08. The van der Waals surface area contributed by atoms with Crippen molar-refractivity contribution < 1.29 is 4.74 Å². The van der Waals surface area contributed by atoms with Crippen molar-refractivity contribution in [1.82, 2.24) is 19.1 Å². The third-order valence-electron chi connectivity index (χ3n) is 8.22. The van der Waals surface area contributed by atoms with E-state index in [4.69, 9.17) is 9.72 Å². The van der Waals surface area contributed by atoms with Gasteiger partial charge in [0.25, 0.3) is 0 Å². The standard InChI is InChI=1S/C40H36N4O/c1-27(2)34-19-12-20-35(28(3)4)38(34)44-37-22-9-8-21-36(37)42-40(44)30-14-11-18-33(26-30)45-32-17-10-13-29(25-32)39-41-23-24-43(39)31-15-6-5-7-16-31/h5-28H,1-4H3. The maximum atomic E-state index is 6.49. The average molecular weight is 589 g/mol. The average Bonchev–Trinajstić information content (AvgIpc) is 3.71. The Hall–Kier alpha value is -5.42. The van der Waals surface area contributed by atoms with Gasteiger partial charge < -0.3 is 4.74 Å². The molecule has 45 heavy (non-hydrogen) atoms. The highest BCUT2D eigenvalue weighted by molar-refractivity contribution is 5.84. The van der Waals surface area contributed by atoms with E-state index in [1.165, 1.54) is 16.8 Å². The Morgan fingerprint density at radius 3 is 1.87 bits per heavy atom. The molecule has 0 radical (unpaired) electrons. The van der Waals surface area contributed by atoms with Crippen LogP contribution in [0.25, 0.3) is 45.2 Å². The minimum absolute atomic E-state index is 0.354. The van der Waals surface area contributed by atoms with Crippen molar-refractivity contribution in [2.45, 2.75) is 39.5 Å². The van der Waals surface area contributed by atoms with Crippen molar-refractivity contribution in [3.05, 3.63) is 145 Å². The minimum Gasteiger partial charge on any atom is -0.457 e. The Morgan fingerprint density at radius 1 is 0.600 bits per heavy atom. The number of hydrogen-bond donors (Lipinski definition) is 0. The summed E-state index contributed by atoms with van der Waals surface area (Å²) in [5.41, 5.74) is 8.93. The van der Waals surface area contributed by atoms with Crippen LogP contribution < -0.4 is 4.74 Å². The van der Waals surface area contributed by atoms with Crippen LogP contribution in [-0.4, -0.2) is 19.1 Å². The van der Waals surface area contributed by atoms with Gasteiger partial charge in [-0.2, -0.15) is 0 Å². The number of hydrogen-bond acceptors (Lipinski definition) is 3. The van der Waals surface area contributed by atoms with Gasteiger partial charge in [-0.25, -0.2) is 9.97 Å². The van der Waals surface area contributed by atoms with Gasteiger partial charge in [-0.15, -0.1) is 0 Å². The Morgan fingerprint density at radius 2 is 1.20 bits per heavy atom. The van der Waals surface area contributed by atoms with E-state index in [0.717, 1.165) is 51.0 Å². The van der Waals surface area contributed by atoms with Crippen LogP contribution in [0.5, 0.6) is 11.5 Å². The summed E-state index contributed by atoms with van der Waals surface area (Å²) in [4.78, 5) is 9.85. The molecule has 5 nitrogen and oxygen atoms in total. The van der Waals surface area contributed by atoms with Crippen LogP contribution in [0, 0.1) is 0 Å². The summed E-state index contributed by atoms with van der Waals surface area (Å²) in [5.74, 6) is 3.96. The second-order valence-corrected chi connectivity index (χ2v) is 12.0. The number of fused-ring (bicyclic) bond motifs is 1. The normalized spacial score (nSPS) is 11.5. The largest absolute Gasteiger partial charge is 0.457 e. The van der Waals surface area contributed by atoms with Crippen molar-refractivity contribution in [3.8, 4) is 45.6 Å². The number of nitrogens with zero attached hydrogens (tertiary/aromatic N) is 4. The van der Waals surface area contributed by atoms with Gasteiger partial charge in [0.1, 0.15) is 23.1 Å². The fourth-order valence-electron chi connectivity index (χ4n) is 6.06. The first-order valence-electron chi connectivity index (χ1n) is 15.6. The molecule has 0 bridgehead atoms.